The first kappa shape index (κ1) is 21.3. The lowest BCUT2D eigenvalue weighted by molar-refractivity contribution is -0.133. The molecule has 0 saturated carbocycles. The van der Waals surface area contributed by atoms with Crippen LogP contribution in [-0.4, -0.2) is 53.1 Å². The SMILES string of the molecule is O=C(COc1ccc(Cl)cc1)N1CCN(c2nc3ccccc3n2Cc2ccccc2)CC1. The van der Waals surface area contributed by atoms with Crippen LogP contribution in [0.15, 0.2) is 78.9 Å². The van der Waals surface area contributed by atoms with Crippen LogP contribution in [0.3, 0.4) is 0 Å². The number of amides is 1. The summed E-state index contributed by atoms with van der Waals surface area (Å²) in [5, 5.41) is 0.642. The molecule has 4 aromatic rings. The topological polar surface area (TPSA) is 50.6 Å². The molecule has 0 radical (unpaired) electrons. The van der Waals surface area contributed by atoms with Crippen LogP contribution in [0.5, 0.6) is 5.75 Å². The Hall–Kier alpha value is -3.51. The highest BCUT2D eigenvalue weighted by atomic mass is 35.5. The minimum atomic E-state index is -0.0117. The van der Waals surface area contributed by atoms with Gasteiger partial charge in [-0.2, -0.15) is 0 Å². The number of imidazole rings is 1. The molecule has 1 amide bonds. The number of para-hydroxylation sites is 2. The van der Waals surface area contributed by atoms with Gasteiger partial charge >= 0.3 is 0 Å². The van der Waals surface area contributed by atoms with Crippen molar-refractivity contribution >= 4 is 34.5 Å². The molecule has 1 saturated heterocycles. The number of hydrogen-bond acceptors (Lipinski definition) is 4. The molecule has 6 nitrogen and oxygen atoms in total. The number of fused-ring (bicyclic) bond motifs is 1. The number of aromatic nitrogens is 2. The van der Waals surface area contributed by atoms with Gasteiger partial charge in [0.2, 0.25) is 5.95 Å². The molecular formula is C26H25ClN4O2. The molecule has 1 aliphatic heterocycles. The highest BCUT2D eigenvalue weighted by Crippen LogP contribution is 2.25. The number of rotatable bonds is 6. The maximum atomic E-state index is 12.7. The summed E-state index contributed by atoms with van der Waals surface area (Å²) in [6.07, 6.45) is 0. The van der Waals surface area contributed by atoms with Crippen molar-refractivity contribution in [2.45, 2.75) is 6.54 Å². The fraction of sp³-hybridized carbons (Fsp3) is 0.231. The molecule has 5 rings (SSSR count). The van der Waals surface area contributed by atoms with Crippen molar-refractivity contribution in [3.8, 4) is 5.75 Å². The van der Waals surface area contributed by atoms with E-state index in [1.807, 2.05) is 29.2 Å². The summed E-state index contributed by atoms with van der Waals surface area (Å²) in [5.74, 6) is 1.58. The summed E-state index contributed by atoms with van der Waals surface area (Å²) in [6.45, 7) is 3.50. The second-order valence-corrected chi connectivity index (χ2v) is 8.52. The van der Waals surface area contributed by atoms with Gasteiger partial charge in [-0.3, -0.25) is 4.79 Å². The van der Waals surface area contributed by atoms with Gasteiger partial charge in [-0.25, -0.2) is 4.98 Å². The zero-order valence-corrected chi connectivity index (χ0v) is 19.0. The first-order valence-electron chi connectivity index (χ1n) is 11.1. The molecule has 7 heteroatoms. The Morgan fingerprint density at radius 1 is 0.879 bits per heavy atom. The van der Waals surface area contributed by atoms with E-state index in [0.717, 1.165) is 36.6 Å². The monoisotopic (exact) mass is 460 g/mol. The molecule has 1 aromatic heterocycles. The Bertz CT molecular complexity index is 1230. The van der Waals surface area contributed by atoms with Crippen molar-refractivity contribution in [3.05, 3.63) is 89.4 Å². The van der Waals surface area contributed by atoms with Gasteiger partial charge in [-0.1, -0.05) is 54.1 Å². The molecule has 0 bridgehead atoms. The molecule has 168 valence electrons. The van der Waals surface area contributed by atoms with E-state index >= 15 is 0 Å². The van der Waals surface area contributed by atoms with Crippen LogP contribution in [0.1, 0.15) is 5.56 Å². The Morgan fingerprint density at radius 2 is 1.58 bits per heavy atom. The van der Waals surface area contributed by atoms with Gasteiger partial charge in [-0.05, 0) is 42.0 Å². The first-order chi connectivity index (χ1) is 16.2. The summed E-state index contributed by atoms with van der Waals surface area (Å²) < 4.78 is 7.90. The van der Waals surface area contributed by atoms with E-state index in [9.17, 15) is 4.79 Å². The number of ether oxygens (including phenoxy) is 1. The molecule has 0 atom stereocenters. The Morgan fingerprint density at radius 3 is 2.33 bits per heavy atom. The third kappa shape index (κ3) is 4.81. The molecule has 1 aliphatic rings. The summed E-state index contributed by atoms with van der Waals surface area (Å²) in [4.78, 5) is 21.7. The van der Waals surface area contributed by atoms with Gasteiger partial charge < -0.3 is 19.1 Å². The molecule has 0 N–H and O–H groups in total. The molecule has 2 heterocycles. The van der Waals surface area contributed by atoms with Crippen LogP contribution in [-0.2, 0) is 11.3 Å². The second-order valence-electron chi connectivity index (χ2n) is 8.08. The lowest BCUT2D eigenvalue weighted by Gasteiger charge is -2.35. The number of carbonyl (C=O) groups excluding carboxylic acids is 1. The van der Waals surface area contributed by atoms with Crippen molar-refractivity contribution in [1.29, 1.82) is 0 Å². The normalized spacial score (nSPS) is 14.0. The third-order valence-corrected chi connectivity index (χ3v) is 6.16. The number of anilines is 1. The first-order valence-corrected chi connectivity index (χ1v) is 11.5. The van der Waals surface area contributed by atoms with Gasteiger partial charge in [0.1, 0.15) is 5.75 Å². The van der Waals surface area contributed by atoms with E-state index in [0.29, 0.717) is 23.9 Å². The van der Waals surface area contributed by atoms with Crippen molar-refractivity contribution < 1.29 is 9.53 Å². The summed E-state index contributed by atoms with van der Waals surface area (Å²) >= 11 is 5.90. The van der Waals surface area contributed by atoms with Crippen LogP contribution in [0.4, 0.5) is 5.95 Å². The van der Waals surface area contributed by atoms with Crippen LogP contribution in [0, 0.1) is 0 Å². The molecule has 0 aliphatic carbocycles. The van der Waals surface area contributed by atoms with Crippen LogP contribution < -0.4 is 9.64 Å². The van der Waals surface area contributed by atoms with Crippen molar-refractivity contribution in [2.24, 2.45) is 0 Å². The Labute approximate surface area is 198 Å². The van der Waals surface area contributed by atoms with E-state index < -0.39 is 0 Å². The van der Waals surface area contributed by atoms with E-state index in [2.05, 4.69) is 39.8 Å². The zero-order valence-electron chi connectivity index (χ0n) is 18.2. The van der Waals surface area contributed by atoms with Gasteiger partial charge in [0.05, 0.1) is 17.6 Å². The van der Waals surface area contributed by atoms with Crippen molar-refractivity contribution in [1.82, 2.24) is 14.5 Å². The molecule has 3 aromatic carbocycles. The van der Waals surface area contributed by atoms with E-state index in [1.54, 1.807) is 24.3 Å². The van der Waals surface area contributed by atoms with E-state index in [1.165, 1.54) is 5.56 Å². The quantitative estimate of drug-likeness (QED) is 0.426. The standard InChI is InChI=1S/C26H25ClN4O2/c27-21-10-12-22(13-11-21)33-19-25(32)29-14-16-30(17-15-29)26-28-23-8-4-5-9-24(23)31(26)18-20-6-2-1-3-7-20/h1-13H,14-19H2. The fourth-order valence-electron chi connectivity index (χ4n) is 4.15. The van der Waals surface area contributed by atoms with Gasteiger partial charge in [0.25, 0.3) is 5.91 Å². The second kappa shape index (κ2) is 9.55. The van der Waals surface area contributed by atoms with Crippen LogP contribution >= 0.6 is 11.6 Å². The highest BCUT2D eigenvalue weighted by Gasteiger charge is 2.25. The smallest absolute Gasteiger partial charge is 0.260 e. The molecular weight excluding hydrogens is 436 g/mol. The van der Waals surface area contributed by atoms with Crippen molar-refractivity contribution in [2.75, 3.05) is 37.7 Å². The predicted molar refractivity (Wildman–Crippen MR) is 131 cm³/mol. The molecule has 1 fully saturated rings. The predicted octanol–water partition coefficient (Wildman–Crippen LogP) is 4.47. The van der Waals surface area contributed by atoms with Gasteiger partial charge in [0.15, 0.2) is 6.61 Å². The third-order valence-electron chi connectivity index (χ3n) is 5.91. The number of halogens is 1. The number of nitrogens with zero attached hydrogens (tertiary/aromatic N) is 4. The Kier molecular flexibility index (Phi) is 6.17. The van der Waals surface area contributed by atoms with Gasteiger partial charge in [-0.15, -0.1) is 0 Å². The van der Waals surface area contributed by atoms with E-state index in [-0.39, 0.29) is 12.5 Å². The number of carbonyl (C=O) groups is 1. The van der Waals surface area contributed by atoms with Crippen LogP contribution in [0.25, 0.3) is 11.0 Å². The highest BCUT2D eigenvalue weighted by molar-refractivity contribution is 6.30. The lowest BCUT2D eigenvalue weighted by Crippen LogP contribution is -2.50. The van der Waals surface area contributed by atoms with E-state index in [4.69, 9.17) is 21.3 Å². The van der Waals surface area contributed by atoms with Crippen LogP contribution in [0.2, 0.25) is 5.02 Å². The maximum absolute atomic E-state index is 12.7. The zero-order chi connectivity index (χ0) is 22.6. The van der Waals surface area contributed by atoms with Crippen molar-refractivity contribution in [3.63, 3.8) is 0 Å². The summed E-state index contributed by atoms with van der Waals surface area (Å²) in [7, 11) is 0. The fourth-order valence-corrected chi connectivity index (χ4v) is 4.28. The largest absolute Gasteiger partial charge is 0.484 e. The van der Waals surface area contributed by atoms with Gasteiger partial charge in [0, 0.05) is 31.2 Å². The lowest BCUT2D eigenvalue weighted by atomic mass is 10.2. The molecule has 0 unspecified atom stereocenters. The number of piperazine rings is 1. The average Bonchev–Trinajstić information content (AvgIpc) is 3.22. The minimum Gasteiger partial charge on any atom is -0.484 e. The molecule has 0 spiro atoms. The Balaban J connectivity index is 1.27. The summed E-state index contributed by atoms with van der Waals surface area (Å²) in [5.41, 5.74) is 3.33. The molecule has 33 heavy (non-hydrogen) atoms. The number of hydrogen-bond donors (Lipinski definition) is 0. The maximum Gasteiger partial charge on any atom is 0.260 e. The summed E-state index contributed by atoms with van der Waals surface area (Å²) in [6, 6.07) is 25.7. The number of benzene rings is 3. The average molecular weight is 461 g/mol. The minimum absolute atomic E-state index is 0.0117.